The van der Waals surface area contributed by atoms with Gasteiger partial charge < -0.3 is 9.47 Å². The minimum atomic E-state index is -0.437. The van der Waals surface area contributed by atoms with Crippen LogP contribution in [0.4, 0.5) is 0 Å². The van der Waals surface area contributed by atoms with Crippen molar-refractivity contribution in [2.75, 3.05) is 7.11 Å². The molecule has 0 aliphatic rings. The van der Waals surface area contributed by atoms with Gasteiger partial charge in [0, 0.05) is 11.1 Å². The maximum atomic E-state index is 13.3. The summed E-state index contributed by atoms with van der Waals surface area (Å²) in [6.07, 6.45) is 1.61. The fourth-order valence-electron chi connectivity index (χ4n) is 3.34. The van der Waals surface area contributed by atoms with E-state index < -0.39 is 5.60 Å². The van der Waals surface area contributed by atoms with Crippen molar-refractivity contribution in [2.24, 2.45) is 5.10 Å². The molecule has 0 saturated carbocycles. The van der Waals surface area contributed by atoms with Crippen LogP contribution in [0.5, 0.6) is 11.5 Å². The molecule has 4 rings (SSSR count). The normalized spacial score (nSPS) is 11.8. The second-order valence-electron chi connectivity index (χ2n) is 8.27. The third-order valence-electron chi connectivity index (χ3n) is 4.74. The van der Waals surface area contributed by atoms with Crippen LogP contribution < -0.4 is 15.0 Å². The summed E-state index contributed by atoms with van der Waals surface area (Å²) in [6.45, 7) is 5.89. The lowest BCUT2D eigenvalue weighted by atomic mass is 10.1. The fraction of sp³-hybridized carbons (Fsp3) is 0.192. The molecular weight excluding hydrogens is 402 g/mol. The fourth-order valence-corrected chi connectivity index (χ4v) is 3.34. The van der Waals surface area contributed by atoms with E-state index in [1.165, 1.54) is 4.68 Å². The van der Waals surface area contributed by atoms with Gasteiger partial charge in [-0.25, -0.2) is 4.98 Å². The van der Waals surface area contributed by atoms with Gasteiger partial charge in [-0.1, -0.05) is 48.5 Å². The first-order chi connectivity index (χ1) is 15.4. The SMILES string of the molecule is COc1cccc(C=Nn2c(-c3ccccc3)nc3ccccc3c2=O)c1OC(C)(C)C. The number of rotatable bonds is 5. The van der Waals surface area contributed by atoms with Crippen LogP contribution in [0, 0.1) is 0 Å². The molecule has 0 bridgehead atoms. The maximum absolute atomic E-state index is 13.3. The number of fused-ring (bicyclic) bond motifs is 1. The molecular formula is C26H25N3O3. The molecule has 0 spiro atoms. The molecule has 0 amide bonds. The zero-order valence-electron chi connectivity index (χ0n) is 18.6. The van der Waals surface area contributed by atoms with E-state index >= 15 is 0 Å². The molecule has 0 saturated heterocycles. The summed E-state index contributed by atoms with van der Waals surface area (Å²) in [5, 5.41) is 5.05. The van der Waals surface area contributed by atoms with Gasteiger partial charge in [0.1, 0.15) is 5.60 Å². The van der Waals surface area contributed by atoms with Gasteiger partial charge in [0.15, 0.2) is 17.3 Å². The largest absolute Gasteiger partial charge is 0.493 e. The van der Waals surface area contributed by atoms with Gasteiger partial charge in [-0.05, 0) is 45.0 Å². The molecule has 0 aliphatic carbocycles. The van der Waals surface area contributed by atoms with E-state index in [-0.39, 0.29) is 5.56 Å². The summed E-state index contributed by atoms with van der Waals surface area (Å²) in [4.78, 5) is 18.1. The Hall–Kier alpha value is -3.93. The van der Waals surface area contributed by atoms with E-state index in [4.69, 9.17) is 14.5 Å². The van der Waals surface area contributed by atoms with Gasteiger partial charge in [0.2, 0.25) is 0 Å². The number of ether oxygens (including phenoxy) is 2. The smallest absolute Gasteiger partial charge is 0.282 e. The minimum absolute atomic E-state index is 0.244. The van der Waals surface area contributed by atoms with Crippen molar-refractivity contribution in [1.29, 1.82) is 0 Å². The van der Waals surface area contributed by atoms with Crippen molar-refractivity contribution in [3.63, 3.8) is 0 Å². The minimum Gasteiger partial charge on any atom is -0.493 e. The number of para-hydroxylation sites is 2. The molecule has 162 valence electrons. The van der Waals surface area contributed by atoms with Crippen LogP contribution in [0.15, 0.2) is 82.7 Å². The Balaban J connectivity index is 1.90. The standard InChI is InChI=1S/C26H25N3O3/c1-26(2,3)32-23-19(13-10-16-22(23)31-4)17-27-29-24(18-11-6-5-7-12-18)28-21-15-9-8-14-20(21)25(29)30/h5-17H,1-4H3. The molecule has 0 atom stereocenters. The lowest BCUT2D eigenvalue weighted by molar-refractivity contribution is 0.125. The quantitative estimate of drug-likeness (QED) is 0.414. The zero-order valence-corrected chi connectivity index (χ0v) is 18.6. The molecule has 0 N–H and O–H groups in total. The van der Waals surface area contributed by atoms with E-state index in [1.807, 2.05) is 87.5 Å². The highest BCUT2D eigenvalue weighted by atomic mass is 16.5. The van der Waals surface area contributed by atoms with Gasteiger partial charge in [0.25, 0.3) is 5.56 Å². The molecule has 0 fully saturated rings. The lowest BCUT2D eigenvalue weighted by Crippen LogP contribution is -2.24. The first kappa shape index (κ1) is 21.3. The Labute approximate surface area is 186 Å². The van der Waals surface area contributed by atoms with Gasteiger partial charge in [-0.3, -0.25) is 4.79 Å². The number of methoxy groups -OCH3 is 1. The van der Waals surface area contributed by atoms with E-state index in [9.17, 15) is 4.79 Å². The number of hydrogen-bond acceptors (Lipinski definition) is 5. The Morgan fingerprint density at radius 3 is 2.38 bits per heavy atom. The summed E-state index contributed by atoms with van der Waals surface area (Å²) < 4.78 is 13.0. The molecule has 6 nitrogen and oxygen atoms in total. The highest BCUT2D eigenvalue weighted by molar-refractivity contribution is 5.86. The van der Waals surface area contributed by atoms with Crippen molar-refractivity contribution >= 4 is 17.1 Å². The van der Waals surface area contributed by atoms with Gasteiger partial charge >= 0.3 is 0 Å². The highest BCUT2D eigenvalue weighted by Crippen LogP contribution is 2.33. The summed E-state index contributed by atoms with van der Waals surface area (Å²) in [7, 11) is 1.59. The predicted octanol–water partition coefficient (Wildman–Crippen LogP) is 5.13. The second-order valence-corrected chi connectivity index (χ2v) is 8.27. The number of aromatic nitrogens is 2. The molecule has 32 heavy (non-hydrogen) atoms. The average molecular weight is 428 g/mol. The first-order valence-corrected chi connectivity index (χ1v) is 10.3. The van der Waals surface area contributed by atoms with Crippen molar-refractivity contribution in [1.82, 2.24) is 9.66 Å². The van der Waals surface area contributed by atoms with Crippen LogP contribution in [0.2, 0.25) is 0 Å². The van der Waals surface area contributed by atoms with E-state index in [0.29, 0.717) is 33.8 Å². The van der Waals surface area contributed by atoms with Crippen LogP contribution in [0.3, 0.4) is 0 Å². The Morgan fingerprint density at radius 2 is 1.66 bits per heavy atom. The van der Waals surface area contributed by atoms with Crippen LogP contribution >= 0.6 is 0 Å². The van der Waals surface area contributed by atoms with Crippen LogP contribution in [-0.4, -0.2) is 28.6 Å². The van der Waals surface area contributed by atoms with Gasteiger partial charge in [-0.2, -0.15) is 9.78 Å². The topological polar surface area (TPSA) is 65.7 Å². The summed E-state index contributed by atoms with van der Waals surface area (Å²) in [5.41, 5.74) is 1.43. The van der Waals surface area contributed by atoms with Crippen LogP contribution in [-0.2, 0) is 0 Å². The molecule has 4 aromatic rings. The molecule has 0 aliphatic heterocycles. The van der Waals surface area contributed by atoms with Gasteiger partial charge in [-0.15, -0.1) is 0 Å². The third-order valence-corrected chi connectivity index (χ3v) is 4.74. The lowest BCUT2D eigenvalue weighted by Gasteiger charge is -2.24. The average Bonchev–Trinajstić information content (AvgIpc) is 2.78. The maximum Gasteiger partial charge on any atom is 0.282 e. The molecule has 3 aromatic carbocycles. The van der Waals surface area contributed by atoms with E-state index in [1.54, 1.807) is 19.4 Å². The summed E-state index contributed by atoms with van der Waals surface area (Å²) in [5.74, 6) is 1.62. The number of nitrogens with zero attached hydrogens (tertiary/aromatic N) is 3. The first-order valence-electron chi connectivity index (χ1n) is 10.3. The highest BCUT2D eigenvalue weighted by Gasteiger charge is 2.18. The molecule has 6 heteroatoms. The predicted molar refractivity (Wildman–Crippen MR) is 128 cm³/mol. The molecule has 0 radical (unpaired) electrons. The van der Waals surface area contributed by atoms with Crippen LogP contribution in [0.1, 0.15) is 26.3 Å². The Kier molecular flexibility index (Phi) is 5.77. The van der Waals surface area contributed by atoms with Crippen molar-refractivity contribution in [3.05, 3.63) is 88.7 Å². The van der Waals surface area contributed by atoms with Crippen molar-refractivity contribution in [3.8, 4) is 22.9 Å². The Bertz CT molecular complexity index is 1340. The number of hydrogen-bond donors (Lipinski definition) is 0. The van der Waals surface area contributed by atoms with Crippen molar-refractivity contribution < 1.29 is 9.47 Å². The van der Waals surface area contributed by atoms with Crippen LogP contribution in [0.25, 0.3) is 22.3 Å². The second kappa shape index (κ2) is 8.67. The van der Waals surface area contributed by atoms with Gasteiger partial charge in [0.05, 0.1) is 24.2 Å². The molecule has 1 heterocycles. The molecule has 1 aromatic heterocycles. The monoisotopic (exact) mass is 427 g/mol. The molecule has 0 unspecified atom stereocenters. The third kappa shape index (κ3) is 4.39. The zero-order chi connectivity index (χ0) is 22.7. The Morgan fingerprint density at radius 1 is 0.938 bits per heavy atom. The summed E-state index contributed by atoms with van der Waals surface area (Å²) >= 11 is 0. The van der Waals surface area contributed by atoms with E-state index in [0.717, 1.165) is 5.56 Å². The van der Waals surface area contributed by atoms with Crippen molar-refractivity contribution in [2.45, 2.75) is 26.4 Å². The van der Waals surface area contributed by atoms with E-state index in [2.05, 4.69) is 5.10 Å². The number of benzene rings is 3. The summed E-state index contributed by atoms with van der Waals surface area (Å²) in [6, 6.07) is 22.4.